The van der Waals surface area contributed by atoms with Gasteiger partial charge in [0, 0.05) is 18.4 Å². The molecule has 0 N–H and O–H groups in total. The molecule has 1 aromatic carbocycles. The highest BCUT2D eigenvalue weighted by Crippen LogP contribution is 2.21. The van der Waals surface area contributed by atoms with Crippen molar-refractivity contribution < 1.29 is 4.79 Å². The summed E-state index contributed by atoms with van der Waals surface area (Å²) in [6.07, 6.45) is 1.73. The molecule has 0 radical (unpaired) electrons. The molecule has 0 fully saturated rings. The van der Waals surface area contributed by atoms with Crippen LogP contribution in [0.1, 0.15) is 23.1 Å². The molecule has 0 aliphatic rings. The lowest BCUT2D eigenvalue weighted by molar-refractivity contribution is 0.0982. The Morgan fingerprint density at radius 1 is 1.23 bits per heavy atom. The van der Waals surface area contributed by atoms with Gasteiger partial charge in [-0.25, -0.2) is 4.98 Å². The average Bonchev–Trinajstić information content (AvgIpc) is 2.84. The van der Waals surface area contributed by atoms with Crippen LogP contribution in [0.4, 0.5) is 5.69 Å². The Labute approximate surface area is 134 Å². The van der Waals surface area contributed by atoms with E-state index >= 15 is 0 Å². The number of aromatic nitrogens is 2. The molecule has 0 unspecified atom stereocenters. The maximum Gasteiger partial charge on any atom is 0.277 e. The molecule has 3 rings (SSSR count). The van der Waals surface area contributed by atoms with E-state index in [1.165, 1.54) is 0 Å². The summed E-state index contributed by atoms with van der Waals surface area (Å²) in [4.78, 5) is 19.2. The number of nitrogens with zero attached hydrogens (tertiary/aromatic N) is 3. The van der Waals surface area contributed by atoms with Crippen molar-refractivity contribution in [2.75, 3.05) is 11.4 Å². The molecule has 2 aromatic heterocycles. The van der Waals surface area contributed by atoms with Crippen molar-refractivity contribution in [3.8, 4) is 0 Å². The lowest BCUT2D eigenvalue weighted by atomic mass is 10.2. The maximum atomic E-state index is 13.0. The van der Waals surface area contributed by atoms with E-state index in [-0.39, 0.29) is 5.91 Å². The van der Waals surface area contributed by atoms with Gasteiger partial charge in [-0.05, 0) is 38.1 Å². The van der Waals surface area contributed by atoms with Gasteiger partial charge >= 0.3 is 0 Å². The van der Waals surface area contributed by atoms with Crippen LogP contribution >= 0.6 is 11.6 Å². The number of anilines is 1. The standard InChI is InChI=1S/C17H16ClN3O/c1-3-20(14-7-5-4-6-8-14)17(22)16-12(2)19-15-10-9-13(18)11-21(15)16/h4-11H,3H2,1-2H3. The highest BCUT2D eigenvalue weighted by molar-refractivity contribution is 6.30. The number of benzene rings is 1. The third kappa shape index (κ3) is 2.46. The van der Waals surface area contributed by atoms with Gasteiger partial charge in [-0.3, -0.25) is 9.20 Å². The fraction of sp³-hybridized carbons (Fsp3) is 0.176. The number of para-hydroxylation sites is 1. The quantitative estimate of drug-likeness (QED) is 0.734. The molecule has 0 aliphatic heterocycles. The minimum Gasteiger partial charge on any atom is -0.307 e. The van der Waals surface area contributed by atoms with Gasteiger partial charge < -0.3 is 4.90 Å². The number of imidazole rings is 1. The van der Waals surface area contributed by atoms with Crippen LogP contribution < -0.4 is 4.90 Å². The van der Waals surface area contributed by atoms with Crippen LogP contribution in [0, 0.1) is 6.92 Å². The summed E-state index contributed by atoms with van der Waals surface area (Å²) in [5.41, 5.74) is 2.82. The minimum absolute atomic E-state index is 0.0824. The summed E-state index contributed by atoms with van der Waals surface area (Å²) in [6, 6.07) is 13.2. The highest BCUT2D eigenvalue weighted by Gasteiger charge is 2.22. The van der Waals surface area contributed by atoms with E-state index in [0.29, 0.717) is 23.0 Å². The molecular formula is C17H16ClN3O. The third-order valence-electron chi connectivity index (χ3n) is 3.59. The molecule has 0 saturated carbocycles. The predicted octanol–water partition coefficient (Wildman–Crippen LogP) is 3.96. The fourth-order valence-electron chi connectivity index (χ4n) is 2.57. The average molecular weight is 314 g/mol. The van der Waals surface area contributed by atoms with Gasteiger partial charge in [-0.15, -0.1) is 0 Å². The first-order valence-electron chi connectivity index (χ1n) is 7.13. The van der Waals surface area contributed by atoms with Gasteiger partial charge in [-0.1, -0.05) is 29.8 Å². The molecule has 1 amide bonds. The van der Waals surface area contributed by atoms with E-state index in [0.717, 1.165) is 11.3 Å². The van der Waals surface area contributed by atoms with Gasteiger partial charge in [0.2, 0.25) is 0 Å². The number of fused-ring (bicyclic) bond motifs is 1. The fourth-order valence-corrected chi connectivity index (χ4v) is 2.73. The normalized spacial score (nSPS) is 10.9. The van der Waals surface area contributed by atoms with Gasteiger partial charge in [0.05, 0.1) is 10.7 Å². The number of hydrogen-bond acceptors (Lipinski definition) is 2. The van der Waals surface area contributed by atoms with Crippen molar-refractivity contribution in [1.29, 1.82) is 0 Å². The van der Waals surface area contributed by atoms with E-state index in [1.807, 2.05) is 50.2 Å². The van der Waals surface area contributed by atoms with Crippen molar-refractivity contribution in [3.05, 3.63) is 65.1 Å². The Hall–Kier alpha value is -2.33. The number of halogens is 1. The number of carbonyl (C=O) groups is 1. The Morgan fingerprint density at radius 2 is 1.95 bits per heavy atom. The Kier molecular flexibility index (Phi) is 3.86. The van der Waals surface area contributed by atoms with Gasteiger partial charge in [0.15, 0.2) is 0 Å². The largest absolute Gasteiger partial charge is 0.307 e. The van der Waals surface area contributed by atoms with E-state index < -0.39 is 0 Å². The smallest absolute Gasteiger partial charge is 0.277 e. The summed E-state index contributed by atoms with van der Waals surface area (Å²) in [5.74, 6) is -0.0824. The molecule has 0 aliphatic carbocycles. The van der Waals surface area contributed by atoms with Crippen LogP contribution in [0.25, 0.3) is 5.65 Å². The van der Waals surface area contributed by atoms with E-state index in [1.54, 1.807) is 21.6 Å². The molecule has 3 aromatic rings. The zero-order valence-corrected chi connectivity index (χ0v) is 13.2. The summed E-state index contributed by atoms with van der Waals surface area (Å²) in [5, 5.41) is 0.571. The van der Waals surface area contributed by atoms with E-state index in [2.05, 4.69) is 4.98 Å². The Morgan fingerprint density at radius 3 is 2.64 bits per heavy atom. The van der Waals surface area contributed by atoms with Crippen LogP contribution in [-0.2, 0) is 0 Å². The van der Waals surface area contributed by atoms with Crippen molar-refractivity contribution in [2.45, 2.75) is 13.8 Å². The van der Waals surface area contributed by atoms with Crippen molar-refractivity contribution in [3.63, 3.8) is 0 Å². The zero-order chi connectivity index (χ0) is 15.7. The molecule has 5 heteroatoms. The molecule has 22 heavy (non-hydrogen) atoms. The Bertz CT molecular complexity index is 827. The first-order valence-corrected chi connectivity index (χ1v) is 7.50. The van der Waals surface area contributed by atoms with Crippen LogP contribution in [0.3, 0.4) is 0 Å². The third-order valence-corrected chi connectivity index (χ3v) is 3.81. The van der Waals surface area contributed by atoms with Crippen LogP contribution in [0.15, 0.2) is 48.7 Å². The highest BCUT2D eigenvalue weighted by atomic mass is 35.5. The molecule has 2 heterocycles. The topological polar surface area (TPSA) is 37.6 Å². The molecule has 4 nitrogen and oxygen atoms in total. The monoisotopic (exact) mass is 313 g/mol. The summed E-state index contributed by atoms with van der Waals surface area (Å²) < 4.78 is 1.76. The predicted molar refractivity (Wildman–Crippen MR) is 88.7 cm³/mol. The van der Waals surface area contributed by atoms with Gasteiger partial charge in [0.25, 0.3) is 5.91 Å². The first kappa shape index (κ1) is 14.6. The molecular weight excluding hydrogens is 298 g/mol. The van der Waals surface area contributed by atoms with Gasteiger partial charge in [0.1, 0.15) is 11.3 Å². The lowest BCUT2D eigenvalue weighted by Gasteiger charge is -2.21. The molecule has 112 valence electrons. The van der Waals surface area contributed by atoms with E-state index in [9.17, 15) is 4.79 Å². The second-order valence-electron chi connectivity index (χ2n) is 5.01. The number of aryl methyl sites for hydroxylation is 1. The van der Waals surface area contributed by atoms with Gasteiger partial charge in [-0.2, -0.15) is 0 Å². The van der Waals surface area contributed by atoms with Crippen molar-refractivity contribution in [2.24, 2.45) is 0 Å². The number of amides is 1. The summed E-state index contributed by atoms with van der Waals surface area (Å²) >= 11 is 6.06. The second-order valence-corrected chi connectivity index (χ2v) is 5.44. The lowest BCUT2D eigenvalue weighted by Crippen LogP contribution is -2.32. The molecule has 0 atom stereocenters. The molecule has 0 saturated heterocycles. The summed E-state index contributed by atoms with van der Waals surface area (Å²) in [6.45, 7) is 4.37. The first-order chi connectivity index (χ1) is 10.6. The molecule has 0 spiro atoms. The zero-order valence-electron chi connectivity index (χ0n) is 12.5. The number of pyridine rings is 1. The number of hydrogen-bond donors (Lipinski definition) is 0. The van der Waals surface area contributed by atoms with Crippen molar-refractivity contribution >= 4 is 28.8 Å². The minimum atomic E-state index is -0.0824. The second kappa shape index (κ2) is 5.81. The molecule has 0 bridgehead atoms. The SMILES string of the molecule is CCN(C(=O)c1c(C)nc2ccc(Cl)cn12)c1ccccc1. The van der Waals surface area contributed by atoms with Crippen LogP contribution in [-0.4, -0.2) is 21.8 Å². The van der Waals surface area contributed by atoms with Crippen molar-refractivity contribution in [1.82, 2.24) is 9.38 Å². The van der Waals surface area contributed by atoms with Crippen LogP contribution in [0.2, 0.25) is 5.02 Å². The van der Waals surface area contributed by atoms with E-state index in [4.69, 9.17) is 11.6 Å². The van der Waals surface area contributed by atoms with Crippen LogP contribution in [0.5, 0.6) is 0 Å². The number of carbonyl (C=O) groups excluding carboxylic acids is 1. The maximum absolute atomic E-state index is 13.0. The summed E-state index contributed by atoms with van der Waals surface area (Å²) in [7, 11) is 0. The number of rotatable bonds is 3. The Balaban J connectivity index is 2.12.